The molecule has 0 heterocycles. The van der Waals surface area contributed by atoms with Crippen LogP contribution in [0.25, 0.3) is 32.3 Å². The number of aliphatic hydroxyl groups is 1. The van der Waals surface area contributed by atoms with E-state index in [4.69, 9.17) is 14.2 Å². The number of unbranched alkanes of at least 4 members (excludes halogenated alkanes) is 1. The van der Waals surface area contributed by atoms with Crippen LogP contribution in [-0.4, -0.2) is 44.0 Å². The van der Waals surface area contributed by atoms with Crippen molar-refractivity contribution in [2.24, 2.45) is 30.7 Å². The smallest absolute Gasteiger partial charge is 0.294 e. The second kappa shape index (κ2) is 19.3. The van der Waals surface area contributed by atoms with Gasteiger partial charge in [0.25, 0.3) is 10.1 Å². The summed E-state index contributed by atoms with van der Waals surface area (Å²) in [6.45, 7) is 2.25. The number of methoxy groups -OCH3 is 2. The number of phenols is 1. The minimum absolute atomic E-state index is 0.0681. The van der Waals surface area contributed by atoms with Crippen molar-refractivity contribution >= 4 is 87.9 Å². The molecule has 0 spiro atoms. The molecule has 0 saturated carbocycles. The molecule has 0 radical (unpaired) electrons. The van der Waals surface area contributed by atoms with Gasteiger partial charge in [0.15, 0.2) is 5.75 Å². The Kier molecular flexibility index (Phi) is 13.0. The highest BCUT2D eigenvalue weighted by atomic mass is 32.2. The third kappa shape index (κ3) is 9.89. The first-order valence-electron chi connectivity index (χ1n) is 20.5. The first-order valence-corrected chi connectivity index (χ1v) is 21.9. The molecule has 0 aliphatic heterocycles. The van der Waals surface area contributed by atoms with Crippen LogP contribution in [0.5, 0.6) is 23.0 Å². The molecule has 0 saturated heterocycles. The van der Waals surface area contributed by atoms with Gasteiger partial charge in [0.2, 0.25) is 0 Å². The number of nitrogens with zero attached hydrogens (tertiary/aromatic N) is 6. The molecule has 16 heteroatoms. The number of fused-ring (bicyclic) bond motifs is 3. The van der Waals surface area contributed by atoms with Gasteiger partial charge in [-0.25, -0.2) is 0 Å². The van der Waals surface area contributed by atoms with Crippen LogP contribution in [0, 0.1) is 0 Å². The average molecular weight is 890 g/mol. The number of nitrogens with one attached hydrogen (secondary N) is 1. The molecule has 0 aliphatic carbocycles. The topological polar surface area (TPSA) is 209 Å². The minimum atomic E-state index is -4.59. The van der Waals surface area contributed by atoms with E-state index in [1.807, 2.05) is 78.9 Å². The second-order valence-corrected chi connectivity index (χ2v) is 16.2. The Bertz CT molecular complexity index is 3270. The summed E-state index contributed by atoms with van der Waals surface area (Å²) in [5.74, 6) is 1.68. The highest BCUT2D eigenvalue weighted by Gasteiger charge is 2.16. The van der Waals surface area contributed by atoms with E-state index in [1.165, 1.54) is 37.4 Å². The molecule has 8 aromatic carbocycles. The van der Waals surface area contributed by atoms with Crippen molar-refractivity contribution < 1.29 is 37.4 Å². The summed E-state index contributed by atoms with van der Waals surface area (Å²) in [6.07, 6.45) is 1.95. The molecule has 0 amide bonds. The van der Waals surface area contributed by atoms with Gasteiger partial charge in [-0.15, -0.1) is 20.5 Å². The third-order valence-corrected chi connectivity index (χ3v) is 11.4. The van der Waals surface area contributed by atoms with E-state index in [-0.39, 0.29) is 39.1 Å². The number of hydrogen-bond acceptors (Lipinski definition) is 14. The number of azo groups is 3. The van der Waals surface area contributed by atoms with Crippen molar-refractivity contribution in [3.05, 3.63) is 139 Å². The number of phenolic OH excluding ortho intramolecular Hbond substituents is 1. The quantitative estimate of drug-likeness (QED) is 0.0412. The highest BCUT2D eigenvalue weighted by Crippen LogP contribution is 2.42. The fourth-order valence-corrected chi connectivity index (χ4v) is 7.57. The lowest BCUT2D eigenvalue weighted by atomic mass is 10.1. The van der Waals surface area contributed by atoms with Gasteiger partial charge in [-0.2, -0.15) is 18.6 Å². The zero-order valence-electron chi connectivity index (χ0n) is 35.5. The first-order chi connectivity index (χ1) is 31.5. The average Bonchev–Trinajstić information content (AvgIpc) is 3.32. The van der Waals surface area contributed by atoms with Gasteiger partial charge < -0.3 is 29.7 Å². The van der Waals surface area contributed by atoms with E-state index in [0.717, 1.165) is 51.9 Å². The van der Waals surface area contributed by atoms with Gasteiger partial charge >= 0.3 is 0 Å². The van der Waals surface area contributed by atoms with E-state index >= 15 is 0 Å². The summed E-state index contributed by atoms with van der Waals surface area (Å²) in [5.41, 5.74) is 3.94. The third-order valence-electron chi connectivity index (χ3n) is 10.5. The summed E-state index contributed by atoms with van der Waals surface area (Å²) >= 11 is 0. The second-order valence-electron chi connectivity index (χ2n) is 14.8. The molecule has 328 valence electrons. The van der Waals surface area contributed by atoms with Gasteiger partial charge in [0, 0.05) is 44.5 Å². The number of hydrogen-bond donors (Lipinski definition) is 4. The monoisotopic (exact) mass is 889 g/mol. The van der Waals surface area contributed by atoms with Crippen molar-refractivity contribution in [3.63, 3.8) is 0 Å². The van der Waals surface area contributed by atoms with Gasteiger partial charge in [-0.05, 0) is 114 Å². The molecule has 0 aromatic heterocycles. The Labute approximate surface area is 374 Å². The lowest BCUT2D eigenvalue weighted by Gasteiger charge is -2.10. The van der Waals surface area contributed by atoms with Crippen molar-refractivity contribution in [1.82, 2.24) is 0 Å². The van der Waals surface area contributed by atoms with Crippen LogP contribution < -0.4 is 19.5 Å². The van der Waals surface area contributed by atoms with Gasteiger partial charge in [0.05, 0.1) is 55.1 Å². The number of benzene rings is 8. The lowest BCUT2D eigenvalue weighted by molar-refractivity contribution is 0.282. The summed E-state index contributed by atoms with van der Waals surface area (Å²) in [5, 5.41) is 55.5. The Hall–Kier alpha value is -7.79. The highest BCUT2D eigenvalue weighted by molar-refractivity contribution is 7.85. The van der Waals surface area contributed by atoms with Crippen LogP contribution in [0.2, 0.25) is 0 Å². The maximum Gasteiger partial charge on any atom is 0.294 e. The predicted molar refractivity (Wildman–Crippen MR) is 251 cm³/mol. The molecule has 8 aromatic rings. The first kappa shape index (κ1) is 43.8. The van der Waals surface area contributed by atoms with E-state index in [2.05, 4.69) is 42.9 Å². The number of ether oxygens (including phenoxy) is 3. The van der Waals surface area contributed by atoms with Crippen LogP contribution in [0.4, 0.5) is 45.5 Å². The molecular formula is C49H43N7O8S. The number of anilines is 2. The SMILES string of the molecule is CCCCOc1cccc2ccc(N=Nc3ccc(N=Nc4cc(OC)c(N=Nc5ccc6cc(Nc7ccc(OC)cc7)ccc6c5O)cc4CO)c4cc(S(=O)(=O)O)ccc34)cc12. The summed E-state index contributed by atoms with van der Waals surface area (Å²) in [4.78, 5) is -0.350. The van der Waals surface area contributed by atoms with Crippen LogP contribution in [-0.2, 0) is 16.7 Å². The van der Waals surface area contributed by atoms with Crippen molar-refractivity contribution in [3.8, 4) is 23.0 Å². The fourth-order valence-electron chi connectivity index (χ4n) is 7.07. The molecule has 0 aliphatic rings. The van der Waals surface area contributed by atoms with Gasteiger partial charge in [-0.3, -0.25) is 4.55 Å². The van der Waals surface area contributed by atoms with Crippen LogP contribution >= 0.6 is 0 Å². The lowest BCUT2D eigenvalue weighted by Crippen LogP contribution is -1.97. The van der Waals surface area contributed by atoms with Crippen molar-refractivity contribution in [1.29, 1.82) is 0 Å². The Morgan fingerprint density at radius 1 is 0.585 bits per heavy atom. The summed E-state index contributed by atoms with van der Waals surface area (Å²) in [7, 11) is -1.53. The minimum Gasteiger partial charge on any atom is -0.505 e. The molecule has 0 fully saturated rings. The van der Waals surface area contributed by atoms with Crippen molar-refractivity contribution in [2.45, 2.75) is 31.3 Å². The van der Waals surface area contributed by atoms with Gasteiger partial charge in [-0.1, -0.05) is 43.7 Å². The van der Waals surface area contributed by atoms with E-state index in [1.54, 1.807) is 31.4 Å². The predicted octanol–water partition coefficient (Wildman–Crippen LogP) is 13.8. The van der Waals surface area contributed by atoms with E-state index in [0.29, 0.717) is 39.7 Å². The standard InChI is InChI=1S/C49H43N7O8S/c1-4-5-23-64-47-8-6-7-30-9-11-35(26-40(30)47)51-52-42-21-22-43(41-27-37(65(59,60)61)17-19-39(41)42)53-55-45-28-48(63-3)46(25-32(45)29-57)56-54-44-20-10-31-24-34(14-18-38(31)49(44)58)50-33-12-15-36(62-2)16-13-33/h6-22,24-28,50,57-58H,4-5,23,29H2,1-3H3,(H,59,60,61). The van der Waals surface area contributed by atoms with Crippen LogP contribution in [0.15, 0.2) is 169 Å². The zero-order valence-corrected chi connectivity index (χ0v) is 36.3. The molecule has 0 unspecified atom stereocenters. The van der Waals surface area contributed by atoms with Crippen LogP contribution in [0.3, 0.4) is 0 Å². The van der Waals surface area contributed by atoms with E-state index in [9.17, 15) is 23.2 Å². The molecule has 8 rings (SSSR count). The Morgan fingerprint density at radius 2 is 1.28 bits per heavy atom. The molecule has 65 heavy (non-hydrogen) atoms. The summed E-state index contributed by atoms with van der Waals surface area (Å²) < 4.78 is 51.3. The molecular weight excluding hydrogens is 847 g/mol. The molecule has 15 nitrogen and oxygen atoms in total. The van der Waals surface area contributed by atoms with Crippen molar-refractivity contribution in [2.75, 3.05) is 26.1 Å². The largest absolute Gasteiger partial charge is 0.505 e. The van der Waals surface area contributed by atoms with Crippen LogP contribution in [0.1, 0.15) is 25.3 Å². The molecule has 4 N–H and O–H groups in total. The number of aliphatic hydroxyl groups excluding tert-OH is 1. The zero-order chi connectivity index (χ0) is 45.5. The number of aromatic hydroxyl groups is 1. The molecule has 0 atom stereocenters. The molecule has 0 bridgehead atoms. The normalized spacial score (nSPS) is 12.0. The number of rotatable bonds is 16. The maximum atomic E-state index is 12.2. The summed E-state index contributed by atoms with van der Waals surface area (Å²) in [6, 6.07) is 38.5. The Morgan fingerprint density at radius 3 is 2.03 bits per heavy atom. The Balaban J connectivity index is 1.07. The van der Waals surface area contributed by atoms with Gasteiger partial charge in [0.1, 0.15) is 28.6 Å². The van der Waals surface area contributed by atoms with E-state index < -0.39 is 16.7 Å². The maximum absolute atomic E-state index is 12.2. The fraction of sp³-hybridized carbons (Fsp3) is 0.143.